The summed E-state index contributed by atoms with van der Waals surface area (Å²) in [4.78, 5) is 27.3. The number of benzene rings is 2. The van der Waals surface area contributed by atoms with Crippen molar-refractivity contribution in [1.82, 2.24) is 4.90 Å². The molecule has 0 bridgehead atoms. The SMILES string of the molecule is Cc1cc(C(=O)N2CCSCC2)ccc1NC(=O)C1=Cc2cc(Cl)ccc2OC1. The van der Waals surface area contributed by atoms with E-state index < -0.39 is 0 Å². The summed E-state index contributed by atoms with van der Waals surface area (Å²) in [6.07, 6.45) is 1.79. The van der Waals surface area contributed by atoms with Crippen LogP contribution in [0.4, 0.5) is 5.69 Å². The van der Waals surface area contributed by atoms with E-state index in [0.29, 0.717) is 27.6 Å². The second kappa shape index (κ2) is 8.51. The first-order chi connectivity index (χ1) is 14.0. The smallest absolute Gasteiger partial charge is 0.255 e. The van der Waals surface area contributed by atoms with Crippen molar-refractivity contribution in [3.63, 3.8) is 0 Å². The van der Waals surface area contributed by atoms with Gasteiger partial charge < -0.3 is 15.0 Å². The predicted octanol–water partition coefficient (Wildman–Crippen LogP) is 4.25. The number of carbonyl (C=O) groups is 2. The number of hydrogen-bond donors (Lipinski definition) is 1. The molecule has 0 radical (unpaired) electrons. The monoisotopic (exact) mass is 428 g/mol. The molecule has 2 aliphatic heterocycles. The van der Waals surface area contributed by atoms with Crippen molar-refractivity contribution in [3.05, 3.63) is 63.7 Å². The number of rotatable bonds is 3. The Morgan fingerprint density at radius 3 is 2.69 bits per heavy atom. The van der Waals surface area contributed by atoms with Gasteiger partial charge in [0.1, 0.15) is 12.4 Å². The van der Waals surface area contributed by atoms with Crippen LogP contribution in [0.1, 0.15) is 21.5 Å². The molecule has 0 unspecified atom stereocenters. The third kappa shape index (κ3) is 4.43. The molecule has 150 valence electrons. The maximum atomic E-state index is 12.7. The van der Waals surface area contributed by atoms with Gasteiger partial charge in [0.2, 0.25) is 0 Å². The molecule has 0 aromatic heterocycles. The van der Waals surface area contributed by atoms with Crippen molar-refractivity contribution < 1.29 is 14.3 Å². The van der Waals surface area contributed by atoms with E-state index in [2.05, 4.69) is 5.32 Å². The Hall–Kier alpha value is -2.44. The molecule has 1 fully saturated rings. The van der Waals surface area contributed by atoms with Crippen LogP contribution in [-0.4, -0.2) is 47.9 Å². The number of thioether (sulfide) groups is 1. The van der Waals surface area contributed by atoms with Gasteiger partial charge in [0, 0.05) is 46.4 Å². The highest BCUT2D eigenvalue weighted by Crippen LogP contribution is 2.29. The van der Waals surface area contributed by atoms with Gasteiger partial charge in [-0.25, -0.2) is 0 Å². The predicted molar refractivity (Wildman–Crippen MR) is 118 cm³/mol. The summed E-state index contributed by atoms with van der Waals surface area (Å²) in [5.41, 5.74) is 3.47. The quantitative estimate of drug-likeness (QED) is 0.793. The Kier molecular flexibility index (Phi) is 5.83. The van der Waals surface area contributed by atoms with Gasteiger partial charge in [0.15, 0.2) is 0 Å². The molecule has 0 spiro atoms. The number of aryl methyl sites for hydroxylation is 1. The van der Waals surface area contributed by atoms with E-state index in [1.165, 1.54) is 0 Å². The van der Waals surface area contributed by atoms with E-state index in [1.54, 1.807) is 36.4 Å². The fourth-order valence-electron chi connectivity index (χ4n) is 3.37. The molecule has 2 heterocycles. The van der Waals surface area contributed by atoms with E-state index in [1.807, 2.05) is 29.7 Å². The summed E-state index contributed by atoms with van der Waals surface area (Å²) in [6.45, 7) is 3.64. The molecule has 0 atom stereocenters. The van der Waals surface area contributed by atoms with E-state index in [9.17, 15) is 9.59 Å². The van der Waals surface area contributed by atoms with Gasteiger partial charge in [-0.15, -0.1) is 0 Å². The van der Waals surface area contributed by atoms with Crippen LogP contribution in [0.25, 0.3) is 6.08 Å². The molecule has 2 aromatic rings. The van der Waals surface area contributed by atoms with Crippen molar-refractivity contribution in [2.24, 2.45) is 0 Å². The largest absolute Gasteiger partial charge is 0.488 e. The molecule has 0 saturated carbocycles. The van der Waals surface area contributed by atoms with Gasteiger partial charge in [0.05, 0.1) is 5.57 Å². The number of ether oxygens (including phenoxy) is 1. The summed E-state index contributed by atoms with van der Waals surface area (Å²) >= 11 is 7.90. The van der Waals surface area contributed by atoms with Crippen LogP contribution in [0.3, 0.4) is 0 Å². The van der Waals surface area contributed by atoms with E-state index in [0.717, 1.165) is 35.7 Å². The number of anilines is 1. The molecule has 2 amide bonds. The number of carbonyl (C=O) groups excluding carboxylic acids is 2. The highest BCUT2D eigenvalue weighted by Gasteiger charge is 2.21. The Bertz CT molecular complexity index is 1000. The van der Waals surface area contributed by atoms with Crippen LogP contribution in [-0.2, 0) is 4.79 Å². The Balaban J connectivity index is 1.48. The maximum absolute atomic E-state index is 12.7. The zero-order chi connectivity index (χ0) is 20.4. The number of nitrogens with zero attached hydrogens (tertiary/aromatic N) is 1. The third-order valence-electron chi connectivity index (χ3n) is 5.00. The number of nitrogens with one attached hydrogen (secondary N) is 1. The highest BCUT2D eigenvalue weighted by molar-refractivity contribution is 7.99. The van der Waals surface area contributed by atoms with Crippen molar-refractivity contribution in [2.45, 2.75) is 6.92 Å². The average molecular weight is 429 g/mol. The summed E-state index contributed by atoms with van der Waals surface area (Å²) in [6, 6.07) is 10.7. The molecule has 4 rings (SSSR count). The number of hydrogen-bond acceptors (Lipinski definition) is 4. The maximum Gasteiger partial charge on any atom is 0.255 e. The lowest BCUT2D eigenvalue weighted by atomic mass is 10.1. The van der Waals surface area contributed by atoms with Crippen LogP contribution in [0.15, 0.2) is 42.0 Å². The zero-order valence-corrected chi connectivity index (χ0v) is 17.6. The highest BCUT2D eigenvalue weighted by atomic mass is 35.5. The summed E-state index contributed by atoms with van der Waals surface area (Å²) in [5.74, 6) is 2.48. The lowest BCUT2D eigenvalue weighted by molar-refractivity contribution is -0.113. The fourth-order valence-corrected chi connectivity index (χ4v) is 4.45. The normalized spacial score (nSPS) is 15.8. The van der Waals surface area contributed by atoms with Gasteiger partial charge in [-0.1, -0.05) is 11.6 Å². The minimum absolute atomic E-state index is 0.0446. The minimum atomic E-state index is -0.231. The van der Waals surface area contributed by atoms with E-state index in [-0.39, 0.29) is 18.4 Å². The zero-order valence-electron chi connectivity index (χ0n) is 16.0. The van der Waals surface area contributed by atoms with Crippen LogP contribution in [0.5, 0.6) is 5.75 Å². The molecule has 1 N–H and O–H groups in total. The minimum Gasteiger partial charge on any atom is -0.488 e. The lowest BCUT2D eigenvalue weighted by Gasteiger charge is -2.26. The van der Waals surface area contributed by atoms with E-state index in [4.69, 9.17) is 16.3 Å². The Morgan fingerprint density at radius 1 is 1.14 bits per heavy atom. The van der Waals surface area contributed by atoms with Crippen LogP contribution in [0.2, 0.25) is 5.02 Å². The number of amides is 2. The molecule has 5 nitrogen and oxygen atoms in total. The Labute approximate surface area is 179 Å². The van der Waals surface area contributed by atoms with Gasteiger partial charge in [0.25, 0.3) is 11.8 Å². The molecular weight excluding hydrogens is 408 g/mol. The Morgan fingerprint density at radius 2 is 1.93 bits per heavy atom. The van der Waals surface area contributed by atoms with Gasteiger partial charge in [-0.2, -0.15) is 11.8 Å². The summed E-state index contributed by atoms with van der Waals surface area (Å²) in [5, 5.41) is 3.51. The van der Waals surface area contributed by atoms with Gasteiger partial charge in [-0.05, 0) is 55.0 Å². The van der Waals surface area contributed by atoms with Gasteiger partial charge in [-0.3, -0.25) is 9.59 Å². The van der Waals surface area contributed by atoms with Crippen molar-refractivity contribution in [3.8, 4) is 5.75 Å². The molecule has 29 heavy (non-hydrogen) atoms. The topological polar surface area (TPSA) is 58.6 Å². The average Bonchev–Trinajstić information content (AvgIpc) is 2.74. The molecule has 2 aliphatic rings. The van der Waals surface area contributed by atoms with E-state index >= 15 is 0 Å². The van der Waals surface area contributed by atoms with Crippen LogP contribution in [0, 0.1) is 6.92 Å². The van der Waals surface area contributed by atoms with Crippen molar-refractivity contribution >= 4 is 46.9 Å². The van der Waals surface area contributed by atoms with Crippen molar-refractivity contribution in [2.75, 3.05) is 36.5 Å². The molecule has 7 heteroatoms. The first-order valence-electron chi connectivity index (χ1n) is 9.43. The number of fused-ring (bicyclic) bond motifs is 1. The lowest BCUT2D eigenvalue weighted by Crippen LogP contribution is -2.37. The van der Waals surface area contributed by atoms with Crippen molar-refractivity contribution in [1.29, 1.82) is 0 Å². The summed E-state index contributed by atoms with van der Waals surface area (Å²) in [7, 11) is 0. The molecule has 1 saturated heterocycles. The standard InChI is InChI=1S/C22H21ClN2O3S/c1-14-10-15(22(27)25-6-8-29-9-7-25)2-4-19(14)24-21(26)17-11-16-12-18(23)3-5-20(16)28-13-17/h2-5,10-12H,6-9,13H2,1H3,(H,24,26). The van der Waals surface area contributed by atoms with Crippen LogP contribution < -0.4 is 10.1 Å². The molecular formula is C22H21ClN2O3S. The first kappa shape index (κ1) is 19.9. The number of halogens is 1. The third-order valence-corrected chi connectivity index (χ3v) is 6.17. The molecule has 0 aliphatic carbocycles. The molecule has 2 aromatic carbocycles. The summed E-state index contributed by atoms with van der Waals surface area (Å²) < 4.78 is 5.66. The fraction of sp³-hybridized carbons (Fsp3) is 0.273. The second-order valence-electron chi connectivity index (χ2n) is 7.03. The van der Waals surface area contributed by atoms with Gasteiger partial charge >= 0.3 is 0 Å². The van der Waals surface area contributed by atoms with Crippen LogP contribution >= 0.6 is 23.4 Å². The second-order valence-corrected chi connectivity index (χ2v) is 8.69. The first-order valence-corrected chi connectivity index (χ1v) is 11.0.